The summed E-state index contributed by atoms with van der Waals surface area (Å²) in [6.45, 7) is 5.76. The molecule has 3 aliphatic rings. The van der Waals surface area contributed by atoms with Crippen molar-refractivity contribution in [2.75, 3.05) is 19.6 Å². The average Bonchev–Trinajstić information content (AvgIpc) is 2.54. The molecule has 1 aromatic carbocycles. The lowest BCUT2D eigenvalue weighted by molar-refractivity contribution is 0.0867. The van der Waals surface area contributed by atoms with E-state index in [1.807, 2.05) is 6.07 Å². The minimum absolute atomic E-state index is 0.400. The van der Waals surface area contributed by atoms with E-state index in [4.69, 9.17) is 10.7 Å². The van der Waals surface area contributed by atoms with Gasteiger partial charge in [0.25, 0.3) is 0 Å². The van der Waals surface area contributed by atoms with E-state index in [1.54, 1.807) is 12.1 Å². The number of fused-ring (bicyclic) bond motifs is 4. The lowest BCUT2D eigenvalue weighted by Crippen LogP contribution is -2.46. The van der Waals surface area contributed by atoms with Crippen LogP contribution >= 0.6 is 0 Å². The molecule has 4 nitrogen and oxygen atoms in total. The zero-order valence-corrected chi connectivity index (χ0v) is 12.9. The number of pyridine rings is 1. The number of aryl methyl sites for hydroxylation is 1. The predicted octanol–water partition coefficient (Wildman–Crippen LogP) is 2.45. The van der Waals surface area contributed by atoms with Gasteiger partial charge >= 0.3 is 0 Å². The molecular formula is C18H21N3O. The van der Waals surface area contributed by atoms with Gasteiger partial charge in [-0.1, -0.05) is 6.07 Å². The second-order valence-electron chi connectivity index (χ2n) is 6.68. The molecule has 5 rings (SSSR count). The number of benzene rings is 1. The highest BCUT2D eigenvalue weighted by Crippen LogP contribution is 2.40. The molecule has 114 valence electrons. The maximum absolute atomic E-state index is 11.3. The summed E-state index contributed by atoms with van der Waals surface area (Å²) in [4.78, 5) is 18.6. The van der Waals surface area contributed by atoms with Gasteiger partial charge in [0.05, 0.1) is 5.52 Å². The Hall–Kier alpha value is -1.94. The quantitative estimate of drug-likeness (QED) is 0.926. The molecule has 0 aliphatic carbocycles. The Bertz CT molecular complexity index is 747. The maximum Gasteiger partial charge on any atom is 0.248 e. The van der Waals surface area contributed by atoms with Gasteiger partial charge in [0.15, 0.2) is 0 Å². The number of carbonyl (C=O) groups excluding carboxylic acids is 1. The van der Waals surface area contributed by atoms with Crippen molar-refractivity contribution in [3.63, 3.8) is 0 Å². The van der Waals surface area contributed by atoms with Crippen molar-refractivity contribution in [2.45, 2.75) is 25.7 Å². The molecule has 1 amide bonds. The number of nitrogens with two attached hydrogens (primary N) is 1. The van der Waals surface area contributed by atoms with Crippen LogP contribution in [-0.2, 0) is 0 Å². The van der Waals surface area contributed by atoms with Gasteiger partial charge in [-0.25, -0.2) is 0 Å². The number of piperidine rings is 3. The number of nitrogens with zero attached hydrogens (tertiary/aromatic N) is 2. The molecule has 2 aromatic rings. The predicted molar refractivity (Wildman–Crippen MR) is 86.9 cm³/mol. The highest BCUT2D eigenvalue weighted by molar-refractivity contribution is 5.96. The number of hydrogen-bond acceptors (Lipinski definition) is 3. The topological polar surface area (TPSA) is 59.2 Å². The Kier molecular flexibility index (Phi) is 3.15. The van der Waals surface area contributed by atoms with Crippen LogP contribution in [0.5, 0.6) is 0 Å². The smallest absolute Gasteiger partial charge is 0.248 e. The van der Waals surface area contributed by atoms with E-state index in [0.717, 1.165) is 29.1 Å². The maximum atomic E-state index is 11.3. The van der Waals surface area contributed by atoms with E-state index in [1.165, 1.54) is 31.5 Å². The molecule has 3 fully saturated rings. The first-order valence-electron chi connectivity index (χ1n) is 8.05. The van der Waals surface area contributed by atoms with Crippen LogP contribution < -0.4 is 5.73 Å². The van der Waals surface area contributed by atoms with Crippen LogP contribution in [-0.4, -0.2) is 35.4 Å². The fourth-order valence-corrected chi connectivity index (χ4v) is 4.13. The number of carbonyl (C=O) groups is 1. The zero-order valence-electron chi connectivity index (χ0n) is 12.9. The first-order valence-corrected chi connectivity index (χ1v) is 8.05. The summed E-state index contributed by atoms with van der Waals surface area (Å²) < 4.78 is 0. The third-order valence-electron chi connectivity index (χ3n) is 5.39. The Morgan fingerprint density at radius 2 is 2.05 bits per heavy atom. The van der Waals surface area contributed by atoms with Gasteiger partial charge in [0.2, 0.25) is 5.91 Å². The summed E-state index contributed by atoms with van der Waals surface area (Å²) in [6, 6.07) is 7.83. The van der Waals surface area contributed by atoms with E-state index >= 15 is 0 Å². The van der Waals surface area contributed by atoms with Crippen molar-refractivity contribution >= 4 is 16.8 Å². The van der Waals surface area contributed by atoms with Gasteiger partial charge in [0, 0.05) is 29.1 Å². The summed E-state index contributed by atoms with van der Waals surface area (Å²) in [5, 5.41) is 1.10. The van der Waals surface area contributed by atoms with Crippen molar-refractivity contribution in [3.8, 4) is 0 Å². The fourth-order valence-electron chi connectivity index (χ4n) is 4.13. The van der Waals surface area contributed by atoms with Crippen molar-refractivity contribution in [1.29, 1.82) is 0 Å². The molecule has 2 N–H and O–H groups in total. The molecule has 4 heteroatoms. The summed E-state index contributed by atoms with van der Waals surface area (Å²) in [5.41, 5.74) is 9.22. The minimum atomic E-state index is -0.400. The summed E-state index contributed by atoms with van der Waals surface area (Å²) in [7, 11) is 0. The zero-order chi connectivity index (χ0) is 15.3. The Morgan fingerprint density at radius 1 is 1.27 bits per heavy atom. The first-order chi connectivity index (χ1) is 10.6. The van der Waals surface area contributed by atoms with Crippen LogP contribution in [0.25, 0.3) is 10.9 Å². The second-order valence-corrected chi connectivity index (χ2v) is 6.68. The lowest BCUT2D eigenvalue weighted by atomic mass is 9.75. The number of aromatic nitrogens is 1. The van der Waals surface area contributed by atoms with Crippen LogP contribution in [0.2, 0.25) is 0 Å². The summed E-state index contributed by atoms with van der Waals surface area (Å²) in [5.74, 6) is 1.01. The van der Waals surface area contributed by atoms with Crippen LogP contribution in [0.4, 0.5) is 0 Å². The van der Waals surface area contributed by atoms with Crippen LogP contribution in [0.15, 0.2) is 24.3 Å². The van der Waals surface area contributed by atoms with E-state index in [2.05, 4.69) is 17.9 Å². The van der Waals surface area contributed by atoms with Crippen molar-refractivity contribution in [3.05, 3.63) is 41.1 Å². The van der Waals surface area contributed by atoms with Gasteiger partial charge < -0.3 is 10.6 Å². The van der Waals surface area contributed by atoms with Crippen LogP contribution in [0, 0.1) is 12.8 Å². The highest BCUT2D eigenvalue weighted by Gasteiger charge is 2.35. The number of rotatable bonds is 2. The number of primary amides is 1. The largest absolute Gasteiger partial charge is 0.366 e. The standard InChI is InChI=1S/C18H21N3O/c1-11-15(16-10-21-6-4-12(16)5-7-21)8-13-2-3-14(18(19)22)9-17(13)20-11/h2-3,8-9,12,16H,4-7,10H2,1H3,(H2,19,22). The van der Waals surface area contributed by atoms with Crippen molar-refractivity contribution in [2.24, 2.45) is 11.7 Å². The molecule has 3 saturated heterocycles. The Morgan fingerprint density at radius 3 is 2.68 bits per heavy atom. The molecule has 1 unspecified atom stereocenters. The molecule has 0 saturated carbocycles. The van der Waals surface area contributed by atoms with E-state index < -0.39 is 5.91 Å². The third-order valence-corrected chi connectivity index (χ3v) is 5.39. The summed E-state index contributed by atoms with van der Waals surface area (Å²) in [6.07, 6.45) is 2.62. The van der Waals surface area contributed by atoms with Crippen LogP contribution in [0.3, 0.4) is 0 Å². The second kappa shape index (κ2) is 5.06. The van der Waals surface area contributed by atoms with Gasteiger partial charge in [-0.2, -0.15) is 0 Å². The molecule has 22 heavy (non-hydrogen) atoms. The van der Waals surface area contributed by atoms with Gasteiger partial charge in [-0.3, -0.25) is 9.78 Å². The molecule has 1 atom stereocenters. The molecular weight excluding hydrogens is 274 g/mol. The van der Waals surface area contributed by atoms with E-state index in [0.29, 0.717) is 11.5 Å². The molecule has 4 heterocycles. The molecule has 1 aromatic heterocycles. The van der Waals surface area contributed by atoms with Gasteiger partial charge in [0.1, 0.15) is 0 Å². The normalized spacial score (nSPS) is 27.2. The SMILES string of the molecule is Cc1nc2cc(C(N)=O)ccc2cc1C1CN2CCC1CC2. The lowest BCUT2D eigenvalue weighted by Gasteiger charge is -2.45. The van der Waals surface area contributed by atoms with Crippen LogP contribution in [0.1, 0.15) is 40.4 Å². The van der Waals surface area contributed by atoms with Crippen molar-refractivity contribution < 1.29 is 4.79 Å². The molecule has 0 radical (unpaired) electrons. The Balaban J connectivity index is 1.77. The highest BCUT2D eigenvalue weighted by atomic mass is 16.1. The van der Waals surface area contributed by atoms with Gasteiger partial charge in [-0.05, 0) is 62.5 Å². The first kappa shape index (κ1) is 13.7. The minimum Gasteiger partial charge on any atom is -0.366 e. The van der Waals surface area contributed by atoms with Gasteiger partial charge in [-0.15, -0.1) is 0 Å². The molecule has 2 bridgehead atoms. The third kappa shape index (κ3) is 2.18. The monoisotopic (exact) mass is 295 g/mol. The number of amides is 1. The average molecular weight is 295 g/mol. The molecule has 0 spiro atoms. The molecule has 3 aliphatic heterocycles. The van der Waals surface area contributed by atoms with Crippen molar-refractivity contribution in [1.82, 2.24) is 9.88 Å². The summed E-state index contributed by atoms with van der Waals surface area (Å²) >= 11 is 0. The number of hydrogen-bond donors (Lipinski definition) is 1. The Labute approximate surface area is 130 Å². The van der Waals surface area contributed by atoms with E-state index in [9.17, 15) is 4.79 Å². The van der Waals surface area contributed by atoms with E-state index in [-0.39, 0.29) is 0 Å². The fraction of sp³-hybridized carbons (Fsp3) is 0.444.